The molecule has 2 aliphatic heterocycles. The highest BCUT2D eigenvalue weighted by Gasteiger charge is 2.56. The third kappa shape index (κ3) is 2.86. The predicted molar refractivity (Wildman–Crippen MR) is 91.2 cm³/mol. The fourth-order valence-electron chi connectivity index (χ4n) is 3.50. The molecule has 1 aromatic heterocycles. The second-order valence-electron chi connectivity index (χ2n) is 6.24. The molecule has 2 aliphatic rings. The molecule has 0 spiro atoms. The standard InChI is InChI=1S/C15H18N4O6S/c1-7(20)12-9-5-10(13(15(22)23)18(9)14(12)21)26-4-3-17-8(2)16-6-11(17)19(24)25/h6-7,9,12,20H,3-5H2,1-2H3,(H,22,23)/t7-,9+,12-/m0/s1. The van der Waals surface area contributed by atoms with Gasteiger partial charge in [0.1, 0.15) is 18.4 Å². The van der Waals surface area contributed by atoms with Gasteiger partial charge in [0, 0.05) is 24.0 Å². The molecule has 3 heterocycles. The number of hydrogen-bond acceptors (Lipinski definition) is 7. The van der Waals surface area contributed by atoms with Crippen LogP contribution in [0.15, 0.2) is 16.8 Å². The van der Waals surface area contributed by atoms with Crippen molar-refractivity contribution in [1.29, 1.82) is 0 Å². The van der Waals surface area contributed by atoms with Gasteiger partial charge < -0.3 is 25.2 Å². The number of carboxylic acids is 1. The van der Waals surface area contributed by atoms with Crippen LogP contribution < -0.4 is 0 Å². The van der Waals surface area contributed by atoms with Crippen molar-refractivity contribution in [2.45, 2.75) is 39.0 Å². The van der Waals surface area contributed by atoms with Crippen LogP contribution in [0.25, 0.3) is 0 Å². The maximum absolute atomic E-state index is 12.1. The Morgan fingerprint density at radius 1 is 1.58 bits per heavy atom. The minimum absolute atomic E-state index is 0.0428. The van der Waals surface area contributed by atoms with E-state index in [0.29, 0.717) is 29.4 Å². The Morgan fingerprint density at radius 2 is 2.27 bits per heavy atom. The Labute approximate surface area is 152 Å². The number of fused-ring (bicyclic) bond motifs is 1. The molecule has 1 aromatic rings. The van der Waals surface area contributed by atoms with Crippen LogP contribution in [0.5, 0.6) is 0 Å². The molecular formula is C15H18N4O6S. The average molecular weight is 382 g/mol. The zero-order valence-electron chi connectivity index (χ0n) is 14.2. The van der Waals surface area contributed by atoms with Crippen molar-refractivity contribution in [2.75, 3.05) is 5.75 Å². The van der Waals surface area contributed by atoms with E-state index in [0.717, 1.165) is 0 Å². The molecule has 10 nitrogen and oxygen atoms in total. The summed E-state index contributed by atoms with van der Waals surface area (Å²) in [5.41, 5.74) is -0.0428. The maximum atomic E-state index is 12.1. The average Bonchev–Trinajstić information content (AvgIpc) is 3.06. The SMILES string of the molecule is Cc1ncc([N+](=O)[O-])n1CCSC1=C(C(=O)O)N2C(=O)[C@@H]([C@H](C)O)[C@H]2C1. The number of aliphatic carboxylic acids is 1. The fourth-order valence-corrected chi connectivity index (χ4v) is 4.63. The number of hydrogen-bond donors (Lipinski definition) is 2. The van der Waals surface area contributed by atoms with Gasteiger partial charge in [-0.1, -0.05) is 0 Å². The van der Waals surface area contributed by atoms with Crippen LogP contribution in [0.2, 0.25) is 0 Å². The molecule has 1 amide bonds. The Morgan fingerprint density at radius 3 is 2.85 bits per heavy atom. The van der Waals surface area contributed by atoms with Crippen molar-refractivity contribution in [3.05, 3.63) is 32.7 Å². The molecule has 0 aromatic carbocycles. The Kier molecular flexibility index (Phi) is 4.76. The summed E-state index contributed by atoms with van der Waals surface area (Å²) in [5, 5.41) is 30.2. The number of aromatic nitrogens is 2. The Hall–Kier alpha value is -2.40. The molecule has 0 aliphatic carbocycles. The molecule has 0 bridgehead atoms. The van der Waals surface area contributed by atoms with Gasteiger partial charge in [0.15, 0.2) is 5.82 Å². The number of carboxylic acid groups (broad SMARTS) is 1. The highest BCUT2D eigenvalue weighted by Crippen LogP contribution is 2.47. The number of aliphatic hydroxyl groups excluding tert-OH is 1. The van der Waals surface area contributed by atoms with Gasteiger partial charge >= 0.3 is 11.8 Å². The summed E-state index contributed by atoms with van der Waals surface area (Å²) in [6.45, 7) is 3.47. The van der Waals surface area contributed by atoms with Gasteiger partial charge in [-0.15, -0.1) is 11.8 Å². The van der Waals surface area contributed by atoms with E-state index in [9.17, 15) is 29.9 Å². The molecule has 0 unspecified atom stereocenters. The lowest BCUT2D eigenvalue weighted by atomic mass is 9.83. The second-order valence-corrected chi connectivity index (χ2v) is 7.43. The Balaban J connectivity index is 1.72. The number of carbonyl (C=O) groups is 2. The van der Waals surface area contributed by atoms with Crippen molar-refractivity contribution in [3.8, 4) is 0 Å². The van der Waals surface area contributed by atoms with E-state index in [1.54, 1.807) is 6.92 Å². The number of nitrogens with zero attached hydrogens (tertiary/aromatic N) is 4. The number of thioether (sulfide) groups is 1. The molecule has 3 atom stereocenters. The van der Waals surface area contributed by atoms with Gasteiger partial charge in [0.25, 0.3) is 0 Å². The summed E-state index contributed by atoms with van der Waals surface area (Å²) in [5.74, 6) is -1.35. The largest absolute Gasteiger partial charge is 0.477 e. The van der Waals surface area contributed by atoms with Crippen LogP contribution in [0.3, 0.4) is 0 Å². The number of rotatable bonds is 7. The third-order valence-corrected chi connectivity index (χ3v) is 5.80. The van der Waals surface area contributed by atoms with E-state index in [1.807, 2.05) is 0 Å². The molecule has 1 fully saturated rings. The monoisotopic (exact) mass is 382 g/mol. The summed E-state index contributed by atoms with van der Waals surface area (Å²) in [7, 11) is 0. The number of imidazole rings is 1. The normalized spacial score (nSPS) is 23.0. The van der Waals surface area contributed by atoms with E-state index < -0.39 is 22.9 Å². The topological polar surface area (TPSA) is 139 Å². The van der Waals surface area contributed by atoms with Gasteiger partial charge in [-0.2, -0.15) is 0 Å². The first-order chi connectivity index (χ1) is 12.2. The lowest BCUT2D eigenvalue weighted by Gasteiger charge is -2.44. The summed E-state index contributed by atoms with van der Waals surface area (Å²) in [6.07, 6.45) is 0.730. The van der Waals surface area contributed by atoms with Gasteiger partial charge in [-0.3, -0.25) is 4.79 Å². The van der Waals surface area contributed by atoms with Crippen molar-refractivity contribution in [3.63, 3.8) is 0 Å². The summed E-state index contributed by atoms with van der Waals surface area (Å²) < 4.78 is 1.46. The number of amides is 1. The van der Waals surface area contributed by atoms with E-state index in [-0.39, 0.29) is 23.5 Å². The summed E-state index contributed by atoms with van der Waals surface area (Å²) in [4.78, 5) is 39.9. The minimum atomic E-state index is -1.18. The van der Waals surface area contributed by atoms with Crippen LogP contribution in [-0.2, 0) is 16.1 Å². The second kappa shape index (κ2) is 6.72. The van der Waals surface area contributed by atoms with Crippen LogP contribution >= 0.6 is 11.8 Å². The molecule has 1 saturated heterocycles. The van der Waals surface area contributed by atoms with Crippen LogP contribution in [0.4, 0.5) is 5.82 Å². The lowest BCUT2D eigenvalue weighted by Crippen LogP contribution is -2.61. The van der Waals surface area contributed by atoms with Gasteiger partial charge in [-0.25, -0.2) is 14.3 Å². The van der Waals surface area contributed by atoms with Gasteiger partial charge in [0.2, 0.25) is 5.91 Å². The molecule has 11 heteroatoms. The predicted octanol–water partition coefficient (Wildman–Crippen LogP) is 0.741. The molecule has 140 valence electrons. The fraction of sp³-hybridized carbons (Fsp3) is 0.533. The zero-order chi connectivity index (χ0) is 19.2. The highest BCUT2D eigenvalue weighted by molar-refractivity contribution is 8.03. The van der Waals surface area contributed by atoms with Crippen molar-refractivity contribution in [2.24, 2.45) is 5.92 Å². The molecule has 26 heavy (non-hydrogen) atoms. The Bertz CT molecular complexity index is 817. The van der Waals surface area contributed by atoms with Crippen molar-refractivity contribution in [1.82, 2.24) is 14.5 Å². The first kappa shape index (κ1) is 18.4. The number of aryl methyl sites for hydroxylation is 1. The minimum Gasteiger partial charge on any atom is -0.477 e. The van der Waals surface area contributed by atoms with Crippen LogP contribution in [0.1, 0.15) is 19.2 Å². The first-order valence-corrected chi connectivity index (χ1v) is 8.99. The van der Waals surface area contributed by atoms with E-state index in [4.69, 9.17) is 0 Å². The summed E-state index contributed by atoms with van der Waals surface area (Å²) in [6, 6.07) is -0.333. The van der Waals surface area contributed by atoms with Crippen LogP contribution in [-0.4, -0.2) is 59.4 Å². The maximum Gasteiger partial charge on any atom is 0.353 e. The van der Waals surface area contributed by atoms with Gasteiger partial charge in [0.05, 0.1) is 18.1 Å². The molecule has 2 N–H and O–H groups in total. The van der Waals surface area contributed by atoms with Crippen LogP contribution in [0, 0.1) is 23.0 Å². The number of nitro groups is 1. The molecule has 0 radical (unpaired) electrons. The number of β-lactam (4-membered cyclic amide) rings is 1. The summed E-state index contributed by atoms with van der Waals surface area (Å²) >= 11 is 1.26. The van der Waals surface area contributed by atoms with Crippen molar-refractivity contribution < 1.29 is 24.7 Å². The zero-order valence-corrected chi connectivity index (χ0v) is 15.0. The third-order valence-electron chi connectivity index (χ3n) is 4.70. The molecule has 3 rings (SSSR count). The number of carbonyl (C=O) groups excluding carboxylic acids is 1. The quantitative estimate of drug-likeness (QED) is 0.400. The van der Waals surface area contributed by atoms with Gasteiger partial charge in [-0.05, 0) is 11.8 Å². The van der Waals surface area contributed by atoms with E-state index >= 15 is 0 Å². The van der Waals surface area contributed by atoms with E-state index in [2.05, 4.69) is 4.98 Å². The molecule has 0 saturated carbocycles. The highest BCUT2D eigenvalue weighted by atomic mass is 32.2. The first-order valence-electron chi connectivity index (χ1n) is 8.01. The lowest BCUT2D eigenvalue weighted by molar-refractivity contribution is -0.392. The van der Waals surface area contributed by atoms with E-state index in [1.165, 1.54) is 34.3 Å². The smallest absolute Gasteiger partial charge is 0.353 e. The number of aliphatic hydroxyl groups is 1. The van der Waals surface area contributed by atoms with Crippen molar-refractivity contribution >= 4 is 29.5 Å². The molecular weight excluding hydrogens is 364 g/mol.